The predicted molar refractivity (Wildman–Crippen MR) is 137 cm³/mol. The van der Waals surface area contributed by atoms with Crippen LogP contribution in [0.2, 0.25) is 0 Å². The van der Waals surface area contributed by atoms with Gasteiger partial charge in [-0.05, 0) is 50.1 Å². The third-order valence-corrected chi connectivity index (χ3v) is 7.97. The number of nitrogens with zero attached hydrogens (tertiary/aromatic N) is 4. The van der Waals surface area contributed by atoms with Crippen molar-refractivity contribution in [2.75, 3.05) is 20.1 Å². The van der Waals surface area contributed by atoms with Gasteiger partial charge in [0.05, 0.1) is 23.1 Å². The summed E-state index contributed by atoms with van der Waals surface area (Å²) < 4.78 is 57.9. The van der Waals surface area contributed by atoms with Crippen LogP contribution in [-0.2, 0) is 4.79 Å². The van der Waals surface area contributed by atoms with Crippen LogP contribution < -0.4 is 4.74 Å². The van der Waals surface area contributed by atoms with Crippen molar-refractivity contribution in [1.82, 2.24) is 19.4 Å². The SMILES string of the molecule is [2H]C([2H])([2H])N1C(=O)c2cccc(OC(F)F)c2[C@H]2C[C@@H]1c1nc3ccc(C#CC4(C)CCN(C(C)=O)CC4)cc3n12. The Bertz CT molecular complexity index is 1630. The highest BCUT2D eigenvalue weighted by Crippen LogP contribution is 2.50. The number of hydrogen-bond acceptors (Lipinski definition) is 4. The lowest BCUT2D eigenvalue weighted by Gasteiger charge is -2.35. The lowest BCUT2D eigenvalue weighted by Crippen LogP contribution is -2.40. The molecule has 38 heavy (non-hydrogen) atoms. The first-order chi connectivity index (χ1) is 19.4. The minimum absolute atomic E-state index is 0.0139. The average Bonchev–Trinajstić information content (AvgIpc) is 3.39. The molecule has 2 bridgehead atoms. The van der Waals surface area contributed by atoms with Crippen molar-refractivity contribution in [2.45, 2.75) is 51.8 Å². The number of likely N-dealkylation sites (tertiary alicyclic amines) is 1. The summed E-state index contributed by atoms with van der Waals surface area (Å²) in [6.07, 6.45) is 1.67. The van der Waals surface area contributed by atoms with Gasteiger partial charge in [0, 0.05) is 59.6 Å². The first kappa shape index (κ1) is 21.1. The van der Waals surface area contributed by atoms with Crippen molar-refractivity contribution in [3.05, 3.63) is 58.9 Å². The first-order valence-corrected chi connectivity index (χ1v) is 12.6. The number of fused-ring (bicyclic) bond motifs is 9. The number of carbonyl (C=O) groups is 2. The second-order valence-corrected chi connectivity index (χ2v) is 10.4. The van der Waals surface area contributed by atoms with Gasteiger partial charge in [0.2, 0.25) is 5.91 Å². The molecule has 0 spiro atoms. The Morgan fingerprint density at radius 3 is 2.74 bits per heavy atom. The van der Waals surface area contributed by atoms with Crippen LogP contribution in [0.15, 0.2) is 36.4 Å². The lowest BCUT2D eigenvalue weighted by molar-refractivity contribution is -0.130. The maximum atomic E-state index is 13.6. The molecule has 2 amide bonds. The number of piperidine rings is 1. The molecule has 2 aromatic carbocycles. The van der Waals surface area contributed by atoms with Gasteiger partial charge in [0.1, 0.15) is 11.6 Å². The number of halogens is 2. The number of alkyl halides is 2. The number of amides is 2. The zero-order valence-corrected chi connectivity index (χ0v) is 21.0. The largest absolute Gasteiger partial charge is 0.434 e. The van der Waals surface area contributed by atoms with E-state index in [1.807, 2.05) is 21.6 Å². The van der Waals surface area contributed by atoms with Gasteiger partial charge < -0.3 is 19.1 Å². The molecule has 0 unspecified atom stereocenters. The molecule has 1 saturated heterocycles. The van der Waals surface area contributed by atoms with Crippen LogP contribution in [0.4, 0.5) is 8.78 Å². The Morgan fingerprint density at radius 1 is 1.24 bits per heavy atom. The van der Waals surface area contributed by atoms with E-state index in [-0.39, 0.29) is 34.6 Å². The number of imidazole rings is 1. The topological polar surface area (TPSA) is 67.7 Å². The maximum absolute atomic E-state index is 13.6. The van der Waals surface area contributed by atoms with Gasteiger partial charge in [0.25, 0.3) is 5.91 Å². The molecule has 196 valence electrons. The van der Waals surface area contributed by atoms with Crippen molar-refractivity contribution in [1.29, 1.82) is 0 Å². The molecule has 7 nitrogen and oxygen atoms in total. The first-order valence-electron chi connectivity index (χ1n) is 14.1. The Labute approximate surface area is 223 Å². The molecule has 0 saturated carbocycles. The molecule has 3 aromatic rings. The van der Waals surface area contributed by atoms with Gasteiger partial charge in [-0.15, -0.1) is 0 Å². The van der Waals surface area contributed by atoms with E-state index in [4.69, 9.17) is 13.8 Å². The molecule has 1 fully saturated rings. The Balaban J connectivity index is 1.46. The second-order valence-electron chi connectivity index (χ2n) is 10.4. The zero-order valence-electron chi connectivity index (χ0n) is 24.0. The predicted octanol–water partition coefficient (Wildman–Crippen LogP) is 4.76. The number of benzene rings is 2. The van der Waals surface area contributed by atoms with E-state index in [1.54, 1.807) is 13.0 Å². The minimum atomic E-state index is -3.12. The van der Waals surface area contributed by atoms with Crippen LogP contribution >= 0.6 is 0 Å². The zero-order chi connectivity index (χ0) is 29.3. The van der Waals surface area contributed by atoms with Crippen LogP contribution in [0.25, 0.3) is 11.0 Å². The summed E-state index contributed by atoms with van der Waals surface area (Å²) in [5.74, 6) is 6.14. The summed E-state index contributed by atoms with van der Waals surface area (Å²) in [6, 6.07) is 8.17. The summed E-state index contributed by atoms with van der Waals surface area (Å²) >= 11 is 0. The van der Waals surface area contributed by atoms with E-state index < -0.39 is 31.6 Å². The van der Waals surface area contributed by atoms with Crippen molar-refractivity contribution in [3.8, 4) is 17.6 Å². The molecular weight excluding hydrogens is 490 g/mol. The molecular formula is C29H28F2N4O3. The molecule has 3 aliphatic heterocycles. The molecule has 1 aromatic heterocycles. The minimum Gasteiger partial charge on any atom is -0.434 e. The molecule has 2 atom stereocenters. The normalized spacial score (nSPS) is 23.1. The number of hydrogen-bond donors (Lipinski definition) is 0. The van der Waals surface area contributed by atoms with E-state index in [9.17, 15) is 18.4 Å². The fourth-order valence-corrected chi connectivity index (χ4v) is 5.85. The molecule has 3 aliphatic rings. The summed E-state index contributed by atoms with van der Waals surface area (Å²) in [5, 5.41) is 0. The van der Waals surface area contributed by atoms with Crippen LogP contribution in [0.5, 0.6) is 5.75 Å². The highest BCUT2D eigenvalue weighted by atomic mass is 19.3. The highest BCUT2D eigenvalue weighted by Gasteiger charge is 2.45. The molecule has 0 radical (unpaired) electrons. The quantitative estimate of drug-likeness (QED) is 0.456. The standard InChI is InChI=1S/C29H28F2N4O3/c1-17(36)34-13-11-29(2,12-14-34)10-9-18-7-8-20-21(15-18)35-22-16-23(26(35)32-20)33(3)27(37)19-5-4-6-24(25(19)22)38-28(30)31/h4-8,15,22-23,28H,11-14,16H2,1-3H3/t22-,23-/m1/s1/i3D3. The van der Waals surface area contributed by atoms with Crippen molar-refractivity contribution in [3.63, 3.8) is 0 Å². The number of ether oxygens (including phenoxy) is 1. The van der Waals surface area contributed by atoms with Crippen LogP contribution in [0, 0.1) is 17.3 Å². The van der Waals surface area contributed by atoms with Gasteiger partial charge in [-0.2, -0.15) is 8.78 Å². The van der Waals surface area contributed by atoms with Gasteiger partial charge in [0.15, 0.2) is 0 Å². The van der Waals surface area contributed by atoms with Gasteiger partial charge >= 0.3 is 6.61 Å². The summed E-state index contributed by atoms with van der Waals surface area (Å²) in [7, 11) is 0. The monoisotopic (exact) mass is 521 g/mol. The summed E-state index contributed by atoms with van der Waals surface area (Å²) in [5.41, 5.74) is 1.93. The van der Waals surface area contributed by atoms with Crippen molar-refractivity contribution < 1.29 is 27.2 Å². The van der Waals surface area contributed by atoms with Crippen LogP contribution in [0.1, 0.15) is 76.6 Å². The number of aromatic nitrogens is 2. The van der Waals surface area contributed by atoms with Crippen molar-refractivity contribution >= 4 is 22.8 Å². The Morgan fingerprint density at radius 2 is 2.03 bits per heavy atom. The Hall–Kier alpha value is -3.93. The van der Waals surface area contributed by atoms with Crippen LogP contribution in [-0.4, -0.2) is 57.8 Å². The molecule has 4 heterocycles. The number of rotatable bonds is 2. The Kier molecular flexibility index (Phi) is 4.89. The lowest BCUT2D eigenvalue weighted by atomic mass is 9.81. The second kappa shape index (κ2) is 8.83. The van der Waals surface area contributed by atoms with E-state index in [2.05, 4.69) is 18.8 Å². The maximum Gasteiger partial charge on any atom is 0.387 e. The molecule has 0 aliphatic carbocycles. The highest BCUT2D eigenvalue weighted by molar-refractivity contribution is 5.97. The van der Waals surface area contributed by atoms with E-state index in [0.29, 0.717) is 29.9 Å². The third-order valence-electron chi connectivity index (χ3n) is 7.97. The van der Waals surface area contributed by atoms with E-state index >= 15 is 0 Å². The van der Waals surface area contributed by atoms with Gasteiger partial charge in [-0.25, -0.2) is 4.98 Å². The fraction of sp³-hybridized carbons (Fsp3) is 0.414. The van der Waals surface area contributed by atoms with Gasteiger partial charge in [-0.1, -0.05) is 17.9 Å². The molecule has 6 rings (SSSR count). The summed E-state index contributed by atoms with van der Waals surface area (Å²) in [4.78, 5) is 32.6. The molecule has 9 heteroatoms. The van der Waals surface area contributed by atoms with Gasteiger partial charge in [-0.3, -0.25) is 9.59 Å². The fourth-order valence-electron chi connectivity index (χ4n) is 5.85. The number of carbonyl (C=O) groups excluding carboxylic acids is 2. The third kappa shape index (κ3) is 3.90. The smallest absolute Gasteiger partial charge is 0.387 e. The summed E-state index contributed by atoms with van der Waals surface area (Å²) in [6.45, 7) is -0.954. The van der Waals surface area contributed by atoms with Crippen LogP contribution in [0.3, 0.4) is 0 Å². The van der Waals surface area contributed by atoms with E-state index in [0.717, 1.165) is 23.3 Å². The van der Waals surface area contributed by atoms with Crippen molar-refractivity contribution in [2.24, 2.45) is 5.41 Å². The average molecular weight is 522 g/mol. The van der Waals surface area contributed by atoms with E-state index in [1.165, 1.54) is 18.2 Å². The molecule has 0 N–H and O–H groups in total.